The Hall–Kier alpha value is -1.60. The summed E-state index contributed by atoms with van der Waals surface area (Å²) in [4.78, 5) is 1.55. The standard InChI is InChI=1S/C19H18S/c1-13-9-11-14(12-10-13)15-6-4-7-17-16-5-2-3-8-18(16)20-19(15)17/h2-5,7-9,11-13,15H,6,10H2,1H3. The maximum atomic E-state index is 2.45. The second-order valence-electron chi connectivity index (χ2n) is 5.84. The maximum Gasteiger partial charge on any atom is 0.0352 e. The van der Waals surface area contributed by atoms with Crippen LogP contribution in [0.5, 0.6) is 0 Å². The summed E-state index contributed by atoms with van der Waals surface area (Å²) in [5, 5.41) is 1.42. The zero-order valence-electron chi connectivity index (χ0n) is 11.7. The summed E-state index contributed by atoms with van der Waals surface area (Å²) in [6.45, 7) is 2.29. The minimum absolute atomic E-state index is 0.566. The number of thiophene rings is 1. The monoisotopic (exact) mass is 278 g/mol. The molecular weight excluding hydrogens is 260 g/mol. The minimum atomic E-state index is 0.566. The number of rotatable bonds is 1. The van der Waals surface area contributed by atoms with Gasteiger partial charge in [-0.2, -0.15) is 0 Å². The molecule has 2 atom stereocenters. The lowest BCUT2D eigenvalue weighted by atomic mass is 9.83. The summed E-state index contributed by atoms with van der Waals surface area (Å²) >= 11 is 1.98. The van der Waals surface area contributed by atoms with E-state index in [1.54, 1.807) is 4.88 Å². The number of hydrogen-bond donors (Lipinski definition) is 0. The van der Waals surface area contributed by atoms with Gasteiger partial charge in [0.15, 0.2) is 0 Å². The van der Waals surface area contributed by atoms with Gasteiger partial charge in [0.25, 0.3) is 0 Å². The SMILES string of the molecule is CC1C=CC(C2CC=Cc3c2sc2ccccc32)=CC1. The van der Waals surface area contributed by atoms with Gasteiger partial charge in [0.05, 0.1) is 0 Å². The van der Waals surface area contributed by atoms with Crippen LogP contribution in [0.3, 0.4) is 0 Å². The quantitative estimate of drug-likeness (QED) is 0.607. The molecule has 0 N–H and O–H groups in total. The minimum Gasteiger partial charge on any atom is -0.139 e. The molecule has 0 spiro atoms. The molecule has 2 aliphatic carbocycles. The van der Waals surface area contributed by atoms with Crippen molar-refractivity contribution in [2.24, 2.45) is 5.92 Å². The average molecular weight is 278 g/mol. The van der Waals surface area contributed by atoms with Crippen molar-refractivity contribution in [2.75, 3.05) is 0 Å². The van der Waals surface area contributed by atoms with Crippen LogP contribution in [0.4, 0.5) is 0 Å². The van der Waals surface area contributed by atoms with Gasteiger partial charge < -0.3 is 0 Å². The van der Waals surface area contributed by atoms with Crippen molar-refractivity contribution in [3.05, 3.63) is 64.6 Å². The Labute approximate surface area is 124 Å². The van der Waals surface area contributed by atoms with Crippen molar-refractivity contribution in [3.63, 3.8) is 0 Å². The van der Waals surface area contributed by atoms with Crippen molar-refractivity contribution in [2.45, 2.75) is 25.7 Å². The summed E-state index contributed by atoms with van der Waals surface area (Å²) in [6.07, 6.45) is 14.2. The second-order valence-corrected chi connectivity index (χ2v) is 6.93. The Balaban J connectivity index is 1.83. The molecule has 2 aromatic rings. The molecule has 0 saturated carbocycles. The molecular formula is C19H18S. The van der Waals surface area contributed by atoms with E-state index < -0.39 is 0 Å². The molecule has 4 rings (SSSR count). The van der Waals surface area contributed by atoms with Gasteiger partial charge in [-0.05, 0) is 41.3 Å². The maximum absolute atomic E-state index is 2.45. The topological polar surface area (TPSA) is 0 Å². The predicted molar refractivity (Wildman–Crippen MR) is 89.2 cm³/mol. The first-order valence-electron chi connectivity index (χ1n) is 7.39. The Bertz CT molecular complexity index is 742. The zero-order valence-corrected chi connectivity index (χ0v) is 12.5. The third-order valence-corrected chi connectivity index (χ3v) is 5.68. The van der Waals surface area contributed by atoms with Crippen LogP contribution in [-0.4, -0.2) is 0 Å². The number of benzene rings is 1. The van der Waals surface area contributed by atoms with E-state index in [2.05, 4.69) is 61.6 Å². The normalized spacial score (nSPS) is 24.8. The van der Waals surface area contributed by atoms with Crippen LogP contribution >= 0.6 is 11.3 Å². The molecule has 0 amide bonds. The molecule has 20 heavy (non-hydrogen) atoms. The molecule has 0 radical (unpaired) electrons. The van der Waals surface area contributed by atoms with E-state index >= 15 is 0 Å². The molecule has 1 aromatic carbocycles. The molecule has 2 unspecified atom stereocenters. The number of fused-ring (bicyclic) bond motifs is 3. The molecule has 1 heterocycles. The van der Waals surface area contributed by atoms with E-state index in [1.807, 2.05) is 11.3 Å². The predicted octanol–water partition coefficient (Wildman–Crippen LogP) is 5.92. The molecule has 0 fully saturated rings. The largest absolute Gasteiger partial charge is 0.139 e. The van der Waals surface area contributed by atoms with Crippen LogP contribution in [-0.2, 0) is 0 Å². The van der Waals surface area contributed by atoms with Crippen molar-refractivity contribution < 1.29 is 0 Å². The number of allylic oxidation sites excluding steroid dienone is 5. The fourth-order valence-electron chi connectivity index (χ4n) is 3.23. The van der Waals surface area contributed by atoms with Crippen LogP contribution < -0.4 is 0 Å². The first kappa shape index (κ1) is 12.2. The first-order valence-corrected chi connectivity index (χ1v) is 8.21. The molecule has 100 valence electrons. The summed E-state index contributed by atoms with van der Waals surface area (Å²) in [5.41, 5.74) is 2.97. The van der Waals surface area contributed by atoms with Crippen molar-refractivity contribution >= 4 is 27.5 Å². The van der Waals surface area contributed by atoms with E-state index in [4.69, 9.17) is 0 Å². The Morgan fingerprint density at radius 2 is 2.00 bits per heavy atom. The highest BCUT2D eigenvalue weighted by molar-refractivity contribution is 7.19. The van der Waals surface area contributed by atoms with E-state index in [1.165, 1.54) is 27.6 Å². The molecule has 1 heteroatoms. The van der Waals surface area contributed by atoms with E-state index in [-0.39, 0.29) is 0 Å². The zero-order chi connectivity index (χ0) is 13.5. The van der Waals surface area contributed by atoms with Crippen LogP contribution in [0.25, 0.3) is 16.2 Å². The van der Waals surface area contributed by atoms with Crippen LogP contribution in [0.2, 0.25) is 0 Å². The molecule has 0 saturated heterocycles. The summed E-state index contributed by atoms with van der Waals surface area (Å²) in [6, 6.07) is 8.79. The third-order valence-electron chi connectivity index (χ3n) is 4.38. The van der Waals surface area contributed by atoms with Gasteiger partial charge >= 0.3 is 0 Å². The lowest BCUT2D eigenvalue weighted by Crippen LogP contribution is -2.06. The summed E-state index contributed by atoms with van der Waals surface area (Å²) < 4.78 is 1.42. The third kappa shape index (κ3) is 1.89. The van der Waals surface area contributed by atoms with Crippen molar-refractivity contribution in [3.8, 4) is 0 Å². The highest BCUT2D eigenvalue weighted by Crippen LogP contribution is 2.45. The van der Waals surface area contributed by atoms with Crippen molar-refractivity contribution in [1.29, 1.82) is 0 Å². The summed E-state index contributed by atoms with van der Waals surface area (Å²) in [5.74, 6) is 1.26. The smallest absolute Gasteiger partial charge is 0.0352 e. The van der Waals surface area contributed by atoms with Crippen LogP contribution in [0.15, 0.2) is 54.1 Å². The summed E-state index contributed by atoms with van der Waals surface area (Å²) in [7, 11) is 0. The Morgan fingerprint density at radius 3 is 2.85 bits per heavy atom. The van der Waals surface area contributed by atoms with E-state index in [0.29, 0.717) is 11.8 Å². The van der Waals surface area contributed by atoms with Gasteiger partial charge in [-0.25, -0.2) is 0 Å². The first-order chi connectivity index (χ1) is 9.83. The van der Waals surface area contributed by atoms with Gasteiger partial charge in [-0.1, -0.05) is 55.5 Å². The lowest BCUT2D eigenvalue weighted by Gasteiger charge is -2.23. The fourth-order valence-corrected chi connectivity index (χ4v) is 4.57. The van der Waals surface area contributed by atoms with Gasteiger partial charge in [-0.3, -0.25) is 0 Å². The van der Waals surface area contributed by atoms with Crippen LogP contribution in [0.1, 0.15) is 36.1 Å². The molecule has 0 nitrogen and oxygen atoms in total. The van der Waals surface area contributed by atoms with Crippen LogP contribution in [0, 0.1) is 5.92 Å². The molecule has 0 aliphatic heterocycles. The van der Waals surface area contributed by atoms with Gasteiger partial charge in [0.1, 0.15) is 0 Å². The number of hydrogen-bond acceptors (Lipinski definition) is 1. The Morgan fingerprint density at radius 1 is 1.10 bits per heavy atom. The highest BCUT2D eigenvalue weighted by atomic mass is 32.1. The molecule has 2 aliphatic rings. The second kappa shape index (κ2) is 4.75. The molecule has 0 bridgehead atoms. The van der Waals surface area contributed by atoms with Gasteiger partial charge in [0.2, 0.25) is 0 Å². The van der Waals surface area contributed by atoms with Crippen molar-refractivity contribution in [1.82, 2.24) is 0 Å². The fraction of sp³-hybridized carbons (Fsp3) is 0.263. The van der Waals surface area contributed by atoms with Gasteiger partial charge in [-0.15, -0.1) is 11.3 Å². The van der Waals surface area contributed by atoms with E-state index in [9.17, 15) is 0 Å². The average Bonchev–Trinajstić information content (AvgIpc) is 2.87. The lowest BCUT2D eigenvalue weighted by molar-refractivity contribution is 0.711. The molecule has 1 aromatic heterocycles. The van der Waals surface area contributed by atoms with E-state index in [0.717, 1.165) is 6.42 Å². The Kier molecular flexibility index (Phi) is 2.89. The van der Waals surface area contributed by atoms with Gasteiger partial charge in [0, 0.05) is 15.5 Å². The highest BCUT2D eigenvalue weighted by Gasteiger charge is 2.24.